The Morgan fingerprint density at radius 3 is 2.62 bits per heavy atom. The summed E-state index contributed by atoms with van der Waals surface area (Å²) < 4.78 is 0. The molecular weight excluding hydrogens is 296 g/mol. The SMILES string of the molecule is CC(C)(C#N)c1ccccc1CNC1(CO)CCc2ccccc21. The van der Waals surface area contributed by atoms with E-state index in [1.54, 1.807) is 0 Å². The lowest BCUT2D eigenvalue weighted by atomic mass is 9.83. The van der Waals surface area contributed by atoms with E-state index in [2.05, 4.69) is 35.7 Å². The molecule has 0 heterocycles. The number of aliphatic hydroxyl groups excluding tert-OH is 1. The van der Waals surface area contributed by atoms with Crippen molar-refractivity contribution < 1.29 is 5.11 Å². The lowest BCUT2D eigenvalue weighted by Gasteiger charge is -2.31. The molecule has 1 atom stereocenters. The smallest absolute Gasteiger partial charge is 0.0769 e. The molecule has 1 aliphatic rings. The first-order chi connectivity index (χ1) is 11.5. The minimum Gasteiger partial charge on any atom is -0.394 e. The largest absolute Gasteiger partial charge is 0.394 e. The predicted molar refractivity (Wildman–Crippen MR) is 95.4 cm³/mol. The van der Waals surface area contributed by atoms with E-state index in [1.165, 1.54) is 11.1 Å². The van der Waals surface area contributed by atoms with Crippen molar-refractivity contribution in [2.75, 3.05) is 6.61 Å². The second-order valence-electron chi connectivity index (χ2n) is 7.14. The number of hydrogen-bond donors (Lipinski definition) is 2. The molecule has 3 heteroatoms. The molecule has 2 aromatic carbocycles. The zero-order chi connectivity index (χ0) is 17.2. The van der Waals surface area contributed by atoms with Gasteiger partial charge in [-0.2, -0.15) is 5.26 Å². The lowest BCUT2D eigenvalue weighted by molar-refractivity contribution is 0.158. The van der Waals surface area contributed by atoms with Gasteiger partial charge in [-0.05, 0) is 48.9 Å². The molecule has 3 rings (SSSR count). The van der Waals surface area contributed by atoms with Crippen LogP contribution in [0.3, 0.4) is 0 Å². The van der Waals surface area contributed by atoms with Crippen LogP contribution in [0.2, 0.25) is 0 Å². The van der Waals surface area contributed by atoms with Gasteiger partial charge in [0.2, 0.25) is 0 Å². The highest BCUT2D eigenvalue weighted by molar-refractivity contribution is 5.41. The summed E-state index contributed by atoms with van der Waals surface area (Å²) in [6.07, 6.45) is 1.88. The highest BCUT2D eigenvalue weighted by atomic mass is 16.3. The van der Waals surface area contributed by atoms with Gasteiger partial charge >= 0.3 is 0 Å². The molecule has 24 heavy (non-hydrogen) atoms. The first kappa shape index (κ1) is 16.7. The topological polar surface area (TPSA) is 56.0 Å². The van der Waals surface area contributed by atoms with Gasteiger partial charge in [0.05, 0.1) is 23.6 Å². The van der Waals surface area contributed by atoms with Gasteiger partial charge in [0.1, 0.15) is 0 Å². The molecule has 0 fully saturated rings. The van der Waals surface area contributed by atoms with Crippen molar-refractivity contribution in [3.8, 4) is 6.07 Å². The summed E-state index contributed by atoms with van der Waals surface area (Å²) in [6, 6.07) is 18.8. The Labute approximate surface area is 144 Å². The summed E-state index contributed by atoms with van der Waals surface area (Å²) in [4.78, 5) is 0. The van der Waals surface area contributed by atoms with Crippen LogP contribution in [0.25, 0.3) is 0 Å². The number of rotatable bonds is 5. The number of nitriles is 1. The van der Waals surface area contributed by atoms with Crippen molar-refractivity contribution in [1.29, 1.82) is 5.26 Å². The van der Waals surface area contributed by atoms with Gasteiger partial charge in [-0.15, -0.1) is 0 Å². The Kier molecular flexibility index (Phi) is 4.45. The maximum atomic E-state index is 10.1. The summed E-state index contributed by atoms with van der Waals surface area (Å²) in [7, 11) is 0. The molecule has 0 saturated heterocycles. The fourth-order valence-corrected chi connectivity index (χ4v) is 3.70. The summed E-state index contributed by atoms with van der Waals surface area (Å²) in [5.41, 5.74) is 3.74. The van der Waals surface area contributed by atoms with Gasteiger partial charge in [-0.25, -0.2) is 0 Å². The lowest BCUT2D eigenvalue weighted by Crippen LogP contribution is -2.43. The molecule has 0 aliphatic heterocycles. The summed E-state index contributed by atoms with van der Waals surface area (Å²) in [5.74, 6) is 0. The van der Waals surface area contributed by atoms with E-state index >= 15 is 0 Å². The molecule has 3 nitrogen and oxygen atoms in total. The van der Waals surface area contributed by atoms with Gasteiger partial charge in [0, 0.05) is 6.54 Å². The van der Waals surface area contributed by atoms with Gasteiger partial charge < -0.3 is 10.4 Å². The van der Waals surface area contributed by atoms with Crippen molar-refractivity contribution in [3.63, 3.8) is 0 Å². The highest BCUT2D eigenvalue weighted by Crippen LogP contribution is 2.37. The Balaban J connectivity index is 1.88. The number of nitrogens with zero attached hydrogens (tertiary/aromatic N) is 1. The number of aryl methyl sites for hydroxylation is 1. The Bertz CT molecular complexity index is 775. The van der Waals surface area contributed by atoms with E-state index in [9.17, 15) is 10.4 Å². The number of benzene rings is 2. The molecule has 0 saturated carbocycles. The molecule has 2 aromatic rings. The van der Waals surface area contributed by atoms with Gasteiger partial charge in [0.25, 0.3) is 0 Å². The second-order valence-corrected chi connectivity index (χ2v) is 7.14. The minimum atomic E-state index is -0.530. The van der Waals surface area contributed by atoms with Crippen molar-refractivity contribution >= 4 is 0 Å². The second kappa shape index (κ2) is 6.39. The standard InChI is InChI=1S/C21H24N2O/c1-20(2,14-22)18-9-5-4-8-17(18)13-23-21(15-24)12-11-16-7-3-6-10-19(16)21/h3-10,23-24H,11-13,15H2,1-2H3. The van der Waals surface area contributed by atoms with E-state index in [1.807, 2.05) is 38.1 Å². The van der Waals surface area contributed by atoms with E-state index in [4.69, 9.17) is 0 Å². The zero-order valence-electron chi connectivity index (χ0n) is 14.3. The molecule has 0 bridgehead atoms. The average Bonchev–Trinajstić information content (AvgIpc) is 3.00. The van der Waals surface area contributed by atoms with Crippen LogP contribution < -0.4 is 5.32 Å². The van der Waals surface area contributed by atoms with Crippen molar-refractivity contribution in [2.24, 2.45) is 0 Å². The van der Waals surface area contributed by atoms with Gasteiger partial charge in [-0.3, -0.25) is 0 Å². The maximum absolute atomic E-state index is 10.1. The Morgan fingerprint density at radius 1 is 1.17 bits per heavy atom. The first-order valence-corrected chi connectivity index (χ1v) is 8.46. The highest BCUT2D eigenvalue weighted by Gasteiger charge is 2.37. The van der Waals surface area contributed by atoms with Crippen molar-refractivity contribution in [3.05, 3.63) is 70.8 Å². The predicted octanol–water partition coefficient (Wildman–Crippen LogP) is 3.41. The van der Waals surface area contributed by atoms with Crippen LogP contribution in [0, 0.1) is 11.3 Å². The van der Waals surface area contributed by atoms with E-state index in [0.29, 0.717) is 6.54 Å². The van der Waals surface area contributed by atoms with Crippen LogP contribution in [-0.4, -0.2) is 11.7 Å². The molecule has 1 aliphatic carbocycles. The zero-order valence-corrected chi connectivity index (χ0v) is 14.3. The fraction of sp³-hybridized carbons (Fsp3) is 0.381. The molecule has 0 radical (unpaired) electrons. The number of fused-ring (bicyclic) bond motifs is 1. The summed E-state index contributed by atoms with van der Waals surface area (Å²) in [5, 5.41) is 23.2. The van der Waals surface area contributed by atoms with Crippen molar-refractivity contribution in [2.45, 2.75) is 44.2 Å². The van der Waals surface area contributed by atoms with Crippen molar-refractivity contribution in [1.82, 2.24) is 5.32 Å². The average molecular weight is 320 g/mol. The fourth-order valence-electron chi connectivity index (χ4n) is 3.70. The quantitative estimate of drug-likeness (QED) is 0.887. The van der Waals surface area contributed by atoms with E-state index in [0.717, 1.165) is 24.0 Å². The molecule has 0 spiro atoms. The Hall–Kier alpha value is -2.15. The summed E-state index contributed by atoms with van der Waals surface area (Å²) in [6.45, 7) is 4.60. The van der Waals surface area contributed by atoms with E-state index < -0.39 is 5.41 Å². The van der Waals surface area contributed by atoms with Gasteiger partial charge in [0.15, 0.2) is 0 Å². The minimum absolute atomic E-state index is 0.0772. The number of nitrogens with one attached hydrogen (secondary N) is 1. The Morgan fingerprint density at radius 2 is 1.88 bits per heavy atom. The third-order valence-corrected chi connectivity index (χ3v) is 5.21. The molecule has 0 aromatic heterocycles. The van der Waals surface area contributed by atoms with Crippen LogP contribution in [0.4, 0.5) is 0 Å². The molecule has 2 N–H and O–H groups in total. The molecule has 124 valence electrons. The first-order valence-electron chi connectivity index (χ1n) is 8.46. The van der Waals surface area contributed by atoms with Crippen LogP contribution >= 0.6 is 0 Å². The monoisotopic (exact) mass is 320 g/mol. The maximum Gasteiger partial charge on any atom is 0.0769 e. The van der Waals surface area contributed by atoms with Gasteiger partial charge in [-0.1, -0.05) is 48.5 Å². The molecule has 1 unspecified atom stereocenters. The molecular formula is C21H24N2O. The molecule has 0 amide bonds. The summed E-state index contributed by atoms with van der Waals surface area (Å²) >= 11 is 0. The third-order valence-electron chi connectivity index (χ3n) is 5.21. The van der Waals surface area contributed by atoms with Crippen LogP contribution in [0.5, 0.6) is 0 Å². The third kappa shape index (κ3) is 2.84. The normalized spacial score (nSPS) is 19.8. The number of aliphatic hydroxyl groups is 1. The van der Waals surface area contributed by atoms with E-state index in [-0.39, 0.29) is 12.1 Å². The van der Waals surface area contributed by atoms with Crippen LogP contribution in [0.15, 0.2) is 48.5 Å². The van der Waals surface area contributed by atoms with Crippen LogP contribution in [0.1, 0.15) is 42.5 Å². The van der Waals surface area contributed by atoms with Crippen LogP contribution in [-0.2, 0) is 23.9 Å². The number of hydrogen-bond acceptors (Lipinski definition) is 3.